The molecular weight excluding hydrogens is 267 g/mol. The fourth-order valence-electron chi connectivity index (χ4n) is 3.83. The van der Waals surface area contributed by atoms with E-state index >= 15 is 0 Å². The van der Waals surface area contributed by atoms with Gasteiger partial charge in [0.15, 0.2) is 0 Å². The molecule has 3 unspecified atom stereocenters. The molecule has 118 valence electrons. The average Bonchev–Trinajstić information content (AvgIpc) is 2.37. The van der Waals surface area contributed by atoms with Crippen molar-refractivity contribution in [2.24, 2.45) is 5.92 Å². The molecule has 2 nitrogen and oxygen atoms in total. The molecule has 1 aromatic rings. The summed E-state index contributed by atoms with van der Waals surface area (Å²) in [6.07, 6.45) is 2.84. The van der Waals surface area contributed by atoms with Crippen LogP contribution in [0.4, 0.5) is 4.39 Å². The Balaban J connectivity index is 2.41. The van der Waals surface area contributed by atoms with Gasteiger partial charge in [-0.3, -0.25) is 0 Å². The first-order valence-electron chi connectivity index (χ1n) is 7.98. The van der Waals surface area contributed by atoms with E-state index < -0.39 is 11.7 Å². The monoisotopic (exact) mass is 294 g/mol. The highest BCUT2D eigenvalue weighted by atomic mass is 19.1. The molecule has 1 fully saturated rings. The second-order valence-corrected chi connectivity index (χ2v) is 6.58. The third kappa shape index (κ3) is 3.29. The normalized spacial score (nSPS) is 27.6. The number of aliphatic hydroxyl groups excluding tert-OH is 1. The van der Waals surface area contributed by atoms with E-state index in [1.807, 2.05) is 26.8 Å². The van der Waals surface area contributed by atoms with E-state index in [1.165, 1.54) is 6.07 Å². The van der Waals surface area contributed by atoms with E-state index in [2.05, 4.69) is 6.92 Å². The molecule has 3 heteroatoms. The topological polar surface area (TPSA) is 29.5 Å². The summed E-state index contributed by atoms with van der Waals surface area (Å²) in [6.45, 7) is 8.38. The summed E-state index contributed by atoms with van der Waals surface area (Å²) in [4.78, 5) is 0. The number of hydrogen-bond donors (Lipinski definition) is 1. The molecule has 0 aliphatic heterocycles. The lowest BCUT2D eigenvalue weighted by Crippen LogP contribution is -2.44. The van der Waals surface area contributed by atoms with Gasteiger partial charge in [0.25, 0.3) is 0 Å². The third-order valence-corrected chi connectivity index (χ3v) is 4.68. The molecule has 0 bridgehead atoms. The zero-order valence-electron chi connectivity index (χ0n) is 13.6. The van der Waals surface area contributed by atoms with Crippen LogP contribution in [0.3, 0.4) is 0 Å². The number of hydrogen-bond acceptors (Lipinski definition) is 2. The standard InChI is InChI=1S/C18H27FO2/c1-5-21-18(8-6-7-12(2)11-18)17(20)16-14(4)9-13(3)10-15(16)19/h9-10,12,17,20H,5-8,11H2,1-4H3. The Morgan fingerprint density at radius 3 is 2.71 bits per heavy atom. The highest BCUT2D eigenvalue weighted by Gasteiger charge is 2.44. The first-order chi connectivity index (χ1) is 9.89. The van der Waals surface area contributed by atoms with Crippen LogP contribution < -0.4 is 0 Å². The smallest absolute Gasteiger partial charge is 0.129 e. The number of aliphatic hydroxyl groups is 1. The van der Waals surface area contributed by atoms with Gasteiger partial charge in [0, 0.05) is 12.2 Å². The van der Waals surface area contributed by atoms with Crippen LogP contribution in [0.25, 0.3) is 0 Å². The molecule has 2 rings (SSSR count). The van der Waals surface area contributed by atoms with Gasteiger partial charge in [0.05, 0.1) is 5.60 Å². The molecule has 1 N–H and O–H groups in total. The lowest BCUT2D eigenvalue weighted by molar-refractivity contribution is -0.151. The van der Waals surface area contributed by atoms with E-state index in [0.29, 0.717) is 18.1 Å². The fourth-order valence-corrected chi connectivity index (χ4v) is 3.83. The van der Waals surface area contributed by atoms with E-state index in [9.17, 15) is 9.50 Å². The number of halogens is 1. The summed E-state index contributed by atoms with van der Waals surface area (Å²) >= 11 is 0. The summed E-state index contributed by atoms with van der Waals surface area (Å²) in [6, 6.07) is 3.42. The maximum Gasteiger partial charge on any atom is 0.129 e. The second kappa shape index (κ2) is 6.45. The second-order valence-electron chi connectivity index (χ2n) is 6.58. The van der Waals surface area contributed by atoms with Crippen molar-refractivity contribution in [2.75, 3.05) is 6.61 Å². The average molecular weight is 294 g/mol. The van der Waals surface area contributed by atoms with E-state index in [-0.39, 0.29) is 5.82 Å². The van der Waals surface area contributed by atoms with Gasteiger partial charge in [-0.15, -0.1) is 0 Å². The molecule has 0 amide bonds. The Morgan fingerprint density at radius 1 is 1.43 bits per heavy atom. The van der Waals surface area contributed by atoms with Crippen LogP contribution >= 0.6 is 0 Å². The molecule has 21 heavy (non-hydrogen) atoms. The minimum atomic E-state index is -0.902. The van der Waals surface area contributed by atoms with Gasteiger partial charge >= 0.3 is 0 Å². The molecule has 0 radical (unpaired) electrons. The lowest BCUT2D eigenvalue weighted by Gasteiger charge is -2.43. The summed E-state index contributed by atoms with van der Waals surface area (Å²) < 4.78 is 20.4. The molecule has 1 aromatic carbocycles. The maximum absolute atomic E-state index is 14.4. The van der Waals surface area contributed by atoms with E-state index in [1.54, 1.807) is 0 Å². The first-order valence-corrected chi connectivity index (χ1v) is 7.98. The predicted molar refractivity (Wildman–Crippen MR) is 82.8 cm³/mol. The number of aryl methyl sites for hydroxylation is 2. The molecule has 0 heterocycles. The first kappa shape index (κ1) is 16.4. The van der Waals surface area contributed by atoms with Crippen molar-refractivity contribution in [2.45, 2.75) is 65.1 Å². The van der Waals surface area contributed by atoms with Gasteiger partial charge in [0.1, 0.15) is 11.9 Å². The van der Waals surface area contributed by atoms with Gasteiger partial charge in [0.2, 0.25) is 0 Å². The van der Waals surface area contributed by atoms with Crippen LogP contribution in [0, 0.1) is 25.6 Å². The quantitative estimate of drug-likeness (QED) is 0.888. The van der Waals surface area contributed by atoms with Gasteiger partial charge < -0.3 is 9.84 Å². The molecule has 1 aliphatic carbocycles. The Bertz CT molecular complexity index is 473. The minimum Gasteiger partial charge on any atom is -0.385 e. The molecule has 1 saturated carbocycles. The van der Waals surface area contributed by atoms with Crippen molar-refractivity contribution in [1.29, 1.82) is 0 Å². The zero-order valence-corrected chi connectivity index (χ0v) is 13.6. The van der Waals surface area contributed by atoms with E-state index in [0.717, 1.165) is 36.8 Å². The zero-order chi connectivity index (χ0) is 15.6. The van der Waals surface area contributed by atoms with Crippen LogP contribution in [-0.2, 0) is 4.74 Å². The van der Waals surface area contributed by atoms with Crippen molar-refractivity contribution < 1.29 is 14.2 Å². The fraction of sp³-hybridized carbons (Fsp3) is 0.667. The molecule has 0 saturated heterocycles. The molecule has 0 aromatic heterocycles. The summed E-state index contributed by atoms with van der Waals surface area (Å²) in [5.74, 6) is 0.172. The summed E-state index contributed by atoms with van der Waals surface area (Å²) in [5.41, 5.74) is 1.44. The Kier molecular flexibility index (Phi) is 5.05. The van der Waals surface area contributed by atoms with Crippen molar-refractivity contribution in [3.05, 3.63) is 34.6 Å². The highest BCUT2D eigenvalue weighted by Crippen LogP contribution is 2.45. The highest BCUT2D eigenvalue weighted by molar-refractivity contribution is 5.35. The Labute approximate surface area is 127 Å². The van der Waals surface area contributed by atoms with Crippen LogP contribution in [0.1, 0.15) is 62.3 Å². The molecule has 1 aliphatic rings. The van der Waals surface area contributed by atoms with E-state index in [4.69, 9.17) is 4.74 Å². The van der Waals surface area contributed by atoms with Crippen molar-refractivity contribution in [3.8, 4) is 0 Å². The SMILES string of the molecule is CCOC1(C(O)c2c(C)cc(C)cc2F)CCCC(C)C1. The van der Waals surface area contributed by atoms with Crippen LogP contribution in [0.5, 0.6) is 0 Å². The molecular formula is C18H27FO2. The van der Waals surface area contributed by atoms with Crippen LogP contribution in [0.2, 0.25) is 0 Å². The van der Waals surface area contributed by atoms with Crippen molar-refractivity contribution in [1.82, 2.24) is 0 Å². The molecule has 3 atom stereocenters. The van der Waals surface area contributed by atoms with Gasteiger partial charge in [-0.1, -0.05) is 25.8 Å². The number of benzene rings is 1. The van der Waals surface area contributed by atoms with Crippen molar-refractivity contribution >= 4 is 0 Å². The van der Waals surface area contributed by atoms with Gasteiger partial charge in [-0.05, 0) is 56.7 Å². The number of ether oxygens (including phenoxy) is 1. The third-order valence-electron chi connectivity index (χ3n) is 4.68. The summed E-state index contributed by atoms with van der Waals surface area (Å²) in [7, 11) is 0. The summed E-state index contributed by atoms with van der Waals surface area (Å²) in [5, 5.41) is 10.9. The van der Waals surface area contributed by atoms with Crippen LogP contribution in [-0.4, -0.2) is 17.3 Å². The molecule has 0 spiro atoms. The maximum atomic E-state index is 14.4. The van der Waals surface area contributed by atoms with Gasteiger partial charge in [-0.2, -0.15) is 0 Å². The van der Waals surface area contributed by atoms with Gasteiger partial charge in [-0.25, -0.2) is 4.39 Å². The Hall–Kier alpha value is -0.930. The Morgan fingerprint density at radius 2 is 2.14 bits per heavy atom. The van der Waals surface area contributed by atoms with Crippen LogP contribution in [0.15, 0.2) is 12.1 Å². The number of rotatable bonds is 4. The van der Waals surface area contributed by atoms with Crippen molar-refractivity contribution in [3.63, 3.8) is 0 Å². The predicted octanol–water partition coefficient (Wildman–Crippen LogP) is 4.46. The largest absolute Gasteiger partial charge is 0.385 e. The minimum absolute atomic E-state index is 0.322. The lowest BCUT2D eigenvalue weighted by atomic mass is 9.73.